The number of fused-ring (bicyclic) bond motifs is 2. The molecule has 4 aliphatic rings. The van der Waals surface area contributed by atoms with E-state index in [0.717, 1.165) is 16.0 Å². The summed E-state index contributed by atoms with van der Waals surface area (Å²) in [5.41, 5.74) is 1.48. The highest BCUT2D eigenvalue weighted by atomic mass is 16.5. The first kappa shape index (κ1) is 30.4. The fourth-order valence-corrected chi connectivity index (χ4v) is 6.46. The zero-order valence-electron chi connectivity index (χ0n) is 25.0. The van der Waals surface area contributed by atoms with Crippen molar-refractivity contribution in [2.24, 2.45) is 5.92 Å². The SMILES string of the molecule is C=C(C[N+]1(/C(O)=C/N2C(=O)c3ccccc3C2=O)CCOCC1)[C@@H](C)[C@@H](C(=O)N1CCOCC1)N1C(=O)c2ccccc2C1=O. The predicted molar refractivity (Wildman–Crippen MR) is 160 cm³/mol. The second kappa shape index (κ2) is 12.0. The maximum atomic E-state index is 14.1. The van der Waals surface area contributed by atoms with Crippen LogP contribution in [0.2, 0.25) is 0 Å². The smallest absolute Gasteiger partial charge is 0.306 e. The Morgan fingerprint density at radius 3 is 1.82 bits per heavy atom. The minimum absolute atomic E-state index is 0.100. The van der Waals surface area contributed by atoms with E-state index in [1.165, 1.54) is 0 Å². The Morgan fingerprint density at radius 1 is 0.844 bits per heavy atom. The molecule has 1 N–H and O–H groups in total. The van der Waals surface area contributed by atoms with Crippen molar-refractivity contribution in [3.05, 3.63) is 95.0 Å². The van der Waals surface area contributed by atoms with Gasteiger partial charge >= 0.3 is 5.88 Å². The van der Waals surface area contributed by atoms with Gasteiger partial charge in [-0.25, -0.2) is 4.90 Å². The summed E-state index contributed by atoms with van der Waals surface area (Å²) >= 11 is 0. The number of aliphatic hydroxyl groups excluding tert-OH is 1. The molecule has 0 aliphatic carbocycles. The van der Waals surface area contributed by atoms with E-state index >= 15 is 0 Å². The largest absolute Gasteiger partial charge is 0.466 e. The number of carbonyl (C=O) groups excluding carboxylic acids is 5. The summed E-state index contributed by atoms with van der Waals surface area (Å²) in [6.45, 7) is 8.64. The van der Waals surface area contributed by atoms with Crippen LogP contribution < -0.4 is 0 Å². The third-order valence-corrected chi connectivity index (χ3v) is 9.19. The van der Waals surface area contributed by atoms with Crippen LogP contribution in [0.5, 0.6) is 0 Å². The summed E-state index contributed by atoms with van der Waals surface area (Å²) in [7, 11) is 0. The summed E-state index contributed by atoms with van der Waals surface area (Å²) in [4.78, 5) is 71.0. The number of rotatable bonds is 8. The summed E-state index contributed by atoms with van der Waals surface area (Å²) < 4.78 is 10.9. The van der Waals surface area contributed by atoms with Crippen LogP contribution in [0.25, 0.3) is 0 Å². The lowest BCUT2D eigenvalue weighted by molar-refractivity contribution is -0.909. The summed E-state index contributed by atoms with van der Waals surface area (Å²) in [6, 6.07) is 11.8. The molecule has 4 aliphatic heterocycles. The zero-order chi connectivity index (χ0) is 31.9. The molecule has 5 amide bonds. The van der Waals surface area contributed by atoms with Gasteiger partial charge in [0.15, 0.2) is 0 Å². The molecule has 12 heteroatoms. The lowest BCUT2D eigenvalue weighted by Gasteiger charge is -2.42. The molecule has 2 aromatic rings. The average Bonchev–Trinajstić information content (AvgIpc) is 3.46. The Kier molecular flexibility index (Phi) is 8.12. The van der Waals surface area contributed by atoms with E-state index in [4.69, 9.17) is 9.47 Å². The van der Waals surface area contributed by atoms with E-state index in [9.17, 15) is 29.1 Å². The van der Waals surface area contributed by atoms with E-state index in [2.05, 4.69) is 6.58 Å². The van der Waals surface area contributed by atoms with Crippen molar-refractivity contribution in [2.45, 2.75) is 13.0 Å². The van der Waals surface area contributed by atoms with Gasteiger partial charge in [-0.2, -0.15) is 0 Å². The van der Waals surface area contributed by atoms with Gasteiger partial charge in [-0.3, -0.25) is 33.4 Å². The van der Waals surface area contributed by atoms with E-state index in [-0.39, 0.29) is 58.3 Å². The van der Waals surface area contributed by atoms with Gasteiger partial charge in [0.25, 0.3) is 23.6 Å². The number of morpholine rings is 2. The third-order valence-electron chi connectivity index (χ3n) is 9.19. The van der Waals surface area contributed by atoms with Crippen molar-refractivity contribution in [1.29, 1.82) is 0 Å². The average molecular weight is 616 g/mol. The minimum Gasteiger partial charge on any atom is -0.466 e. The molecule has 12 nitrogen and oxygen atoms in total. The lowest BCUT2D eigenvalue weighted by atomic mass is 9.90. The van der Waals surface area contributed by atoms with Crippen LogP contribution in [0.3, 0.4) is 0 Å². The summed E-state index contributed by atoms with van der Waals surface area (Å²) in [5, 5.41) is 11.6. The number of imide groups is 2. The second-order valence-corrected chi connectivity index (χ2v) is 11.7. The monoisotopic (exact) mass is 615 g/mol. The molecule has 4 heterocycles. The van der Waals surface area contributed by atoms with Crippen LogP contribution in [-0.4, -0.2) is 119 Å². The standard InChI is InChI=1S/C33H34N4O8/c1-21(20-37(13-17-45-18-14-37)27(38)19-35-29(39)23-7-3-4-8-24(23)30(35)40)22(2)28(33(43)34-11-15-44-16-12-34)36-31(41)25-9-5-6-10-26(25)32(36)42/h3-10,19,22,28H,1,11-18,20H2,2H3/p+1/b27-19-/t22-,28+/m1/s1. The highest BCUT2D eigenvalue weighted by molar-refractivity contribution is 6.23. The molecule has 45 heavy (non-hydrogen) atoms. The normalized spacial score (nSPS) is 21.1. The van der Waals surface area contributed by atoms with Gasteiger partial charge in [-0.05, 0) is 29.8 Å². The predicted octanol–water partition coefficient (Wildman–Crippen LogP) is 2.20. The molecule has 2 saturated heterocycles. The molecular formula is C33H35N4O8+. The van der Waals surface area contributed by atoms with Crippen molar-refractivity contribution in [1.82, 2.24) is 14.7 Å². The first-order valence-electron chi connectivity index (χ1n) is 15.0. The molecule has 0 unspecified atom stereocenters. The maximum Gasteiger partial charge on any atom is 0.306 e. The Bertz CT molecular complexity index is 1550. The molecule has 0 radical (unpaired) electrons. The molecular weight excluding hydrogens is 580 g/mol. The fourth-order valence-electron chi connectivity index (χ4n) is 6.46. The molecule has 0 aromatic heterocycles. The number of aliphatic hydroxyl groups is 1. The van der Waals surface area contributed by atoms with Gasteiger partial charge in [0.2, 0.25) is 5.91 Å². The second-order valence-electron chi connectivity index (χ2n) is 11.7. The van der Waals surface area contributed by atoms with Crippen LogP contribution in [0.15, 0.2) is 72.8 Å². The Morgan fingerprint density at radius 2 is 1.31 bits per heavy atom. The van der Waals surface area contributed by atoms with Crippen molar-refractivity contribution in [3.8, 4) is 0 Å². The van der Waals surface area contributed by atoms with Gasteiger partial charge in [0.1, 0.15) is 31.9 Å². The number of ether oxygens (including phenoxy) is 2. The molecule has 2 fully saturated rings. The van der Waals surface area contributed by atoms with Crippen LogP contribution in [0.4, 0.5) is 0 Å². The van der Waals surface area contributed by atoms with Crippen LogP contribution in [0.1, 0.15) is 48.4 Å². The first-order chi connectivity index (χ1) is 21.6. The van der Waals surface area contributed by atoms with E-state index in [1.807, 2.05) is 0 Å². The number of hydrogen-bond acceptors (Lipinski definition) is 8. The van der Waals surface area contributed by atoms with Gasteiger partial charge in [-0.1, -0.05) is 37.8 Å². The number of benzene rings is 2. The Labute approximate surface area is 260 Å². The van der Waals surface area contributed by atoms with Crippen LogP contribution in [0, 0.1) is 5.92 Å². The minimum atomic E-state index is -1.19. The summed E-state index contributed by atoms with van der Waals surface area (Å²) in [6.07, 6.45) is 1.16. The van der Waals surface area contributed by atoms with Crippen LogP contribution in [-0.2, 0) is 14.3 Å². The van der Waals surface area contributed by atoms with Crippen molar-refractivity contribution >= 4 is 29.5 Å². The van der Waals surface area contributed by atoms with Crippen LogP contribution >= 0.6 is 0 Å². The number of hydrogen-bond donors (Lipinski definition) is 1. The van der Waals surface area contributed by atoms with Gasteiger partial charge in [0.05, 0.1) is 48.7 Å². The first-order valence-corrected chi connectivity index (χ1v) is 15.0. The molecule has 2 aromatic carbocycles. The Balaban J connectivity index is 1.31. The van der Waals surface area contributed by atoms with E-state index in [1.54, 1.807) is 60.4 Å². The van der Waals surface area contributed by atoms with Crippen molar-refractivity contribution in [3.63, 3.8) is 0 Å². The summed E-state index contributed by atoms with van der Waals surface area (Å²) in [5.74, 6) is -3.52. The molecule has 2 atom stereocenters. The quantitative estimate of drug-likeness (QED) is 0.207. The van der Waals surface area contributed by atoms with E-state index < -0.39 is 35.6 Å². The fraction of sp³-hybridized carbons (Fsp3) is 0.364. The van der Waals surface area contributed by atoms with Gasteiger partial charge < -0.3 is 19.5 Å². The maximum absolute atomic E-state index is 14.1. The number of nitrogens with zero attached hydrogens (tertiary/aromatic N) is 4. The van der Waals surface area contributed by atoms with Gasteiger partial charge in [0, 0.05) is 19.0 Å². The van der Waals surface area contributed by atoms with Crippen molar-refractivity contribution in [2.75, 3.05) is 59.2 Å². The highest BCUT2D eigenvalue weighted by Gasteiger charge is 2.48. The van der Waals surface area contributed by atoms with Crippen molar-refractivity contribution < 1.29 is 43.0 Å². The number of quaternary nitrogens is 1. The van der Waals surface area contributed by atoms with E-state index in [0.29, 0.717) is 45.0 Å². The third kappa shape index (κ3) is 5.24. The molecule has 234 valence electrons. The lowest BCUT2D eigenvalue weighted by Crippen LogP contribution is -2.59. The Hall–Kier alpha value is -4.65. The topological polar surface area (TPSA) is 134 Å². The number of carbonyl (C=O) groups is 5. The molecule has 0 saturated carbocycles. The highest BCUT2D eigenvalue weighted by Crippen LogP contribution is 2.33. The number of amides is 5. The molecule has 6 rings (SSSR count). The van der Waals surface area contributed by atoms with Gasteiger partial charge in [-0.15, -0.1) is 0 Å². The molecule has 0 bridgehead atoms. The molecule has 0 spiro atoms. The zero-order valence-corrected chi connectivity index (χ0v) is 25.0.